The van der Waals surface area contributed by atoms with Crippen LogP contribution in [0.3, 0.4) is 0 Å². The van der Waals surface area contributed by atoms with Gasteiger partial charge in [0.2, 0.25) is 0 Å². The minimum absolute atomic E-state index is 0.116. The molecule has 4 saturated carbocycles. The number of unbranched alkanes of at least 4 members (excludes halogenated alkanes) is 2. The molecule has 2 unspecified atom stereocenters. The Kier molecular flexibility index (Phi) is 15.1. The lowest BCUT2D eigenvalue weighted by atomic mass is 9.67. The Morgan fingerprint density at radius 3 is 1.06 bits per heavy atom. The summed E-state index contributed by atoms with van der Waals surface area (Å²) >= 11 is 0. The second-order valence-corrected chi connectivity index (χ2v) is 17.7. The van der Waals surface area contributed by atoms with E-state index in [-0.39, 0.29) is 12.2 Å². The van der Waals surface area contributed by atoms with E-state index in [9.17, 15) is 0 Å². The summed E-state index contributed by atoms with van der Waals surface area (Å²) in [7, 11) is 3.55. The van der Waals surface area contributed by atoms with Crippen LogP contribution in [0, 0.1) is 47.3 Å². The van der Waals surface area contributed by atoms with Crippen LogP contribution in [-0.2, 0) is 4.74 Å². The molecule has 0 N–H and O–H groups in total. The molecule has 284 valence electrons. The van der Waals surface area contributed by atoms with Crippen molar-refractivity contribution < 1.29 is 14.2 Å². The fourth-order valence-electron chi connectivity index (χ4n) is 11.4. The van der Waals surface area contributed by atoms with Gasteiger partial charge in [0.05, 0.1) is 26.4 Å². The molecule has 4 aliphatic rings. The topological polar surface area (TPSA) is 27.7 Å². The average molecular weight is 699 g/mol. The molecule has 2 aromatic rings. The molecule has 0 aromatic heterocycles. The van der Waals surface area contributed by atoms with Crippen LogP contribution in [0.5, 0.6) is 11.5 Å². The van der Waals surface area contributed by atoms with Crippen LogP contribution in [0.15, 0.2) is 48.5 Å². The molecular formula is C48H74O3. The van der Waals surface area contributed by atoms with Gasteiger partial charge in [-0.1, -0.05) is 102 Å². The number of rotatable bonds is 16. The summed E-state index contributed by atoms with van der Waals surface area (Å²) in [6, 6.07) is 17.8. The summed E-state index contributed by atoms with van der Waals surface area (Å²) in [6.45, 7) is 4.69. The summed E-state index contributed by atoms with van der Waals surface area (Å²) in [5.41, 5.74) is 2.67. The van der Waals surface area contributed by atoms with E-state index in [0.29, 0.717) is 11.8 Å². The maximum atomic E-state index is 7.63. The maximum absolute atomic E-state index is 7.63. The maximum Gasteiger partial charge on any atom is 0.118 e. The van der Waals surface area contributed by atoms with Gasteiger partial charge in [-0.25, -0.2) is 0 Å². The molecule has 2 aromatic carbocycles. The summed E-state index contributed by atoms with van der Waals surface area (Å²) in [4.78, 5) is 0. The fourth-order valence-corrected chi connectivity index (χ4v) is 11.4. The van der Waals surface area contributed by atoms with Crippen LogP contribution >= 0.6 is 0 Å². The lowest BCUT2D eigenvalue weighted by molar-refractivity contribution is -0.0935. The second kappa shape index (κ2) is 19.9. The van der Waals surface area contributed by atoms with Crippen LogP contribution in [-0.4, -0.2) is 14.2 Å². The van der Waals surface area contributed by atoms with Gasteiger partial charge in [0.15, 0.2) is 0 Å². The molecule has 0 spiro atoms. The van der Waals surface area contributed by atoms with E-state index < -0.39 is 0 Å². The number of methoxy groups -OCH3 is 2. The van der Waals surface area contributed by atoms with Gasteiger partial charge < -0.3 is 14.2 Å². The lowest BCUT2D eigenvalue weighted by Gasteiger charge is -2.43. The quantitative estimate of drug-likeness (QED) is 0.175. The molecule has 51 heavy (non-hydrogen) atoms. The molecule has 2 atom stereocenters. The molecule has 0 saturated heterocycles. The molecular weight excluding hydrogens is 625 g/mol. The van der Waals surface area contributed by atoms with Crippen LogP contribution < -0.4 is 9.47 Å². The van der Waals surface area contributed by atoms with Crippen LogP contribution in [0.25, 0.3) is 0 Å². The average Bonchev–Trinajstić information content (AvgIpc) is 3.20. The molecule has 0 aliphatic heterocycles. The zero-order valence-corrected chi connectivity index (χ0v) is 33.2. The van der Waals surface area contributed by atoms with Crippen molar-refractivity contribution in [3.63, 3.8) is 0 Å². The highest BCUT2D eigenvalue weighted by atomic mass is 16.5. The van der Waals surface area contributed by atoms with E-state index in [0.717, 1.165) is 47.0 Å². The highest BCUT2D eigenvalue weighted by Gasteiger charge is 2.39. The van der Waals surface area contributed by atoms with E-state index in [1.54, 1.807) is 14.2 Å². The lowest BCUT2D eigenvalue weighted by Crippen LogP contribution is -2.31. The Morgan fingerprint density at radius 2 is 0.765 bits per heavy atom. The van der Waals surface area contributed by atoms with E-state index in [2.05, 4.69) is 62.4 Å². The van der Waals surface area contributed by atoms with E-state index >= 15 is 0 Å². The first-order valence-corrected chi connectivity index (χ1v) is 22.0. The summed E-state index contributed by atoms with van der Waals surface area (Å²) in [5.74, 6) is 8.74. The molecule has 4 aliphatic carbocycles. The Labute approximate surface area is 313 Å². The predicted molar refractivity (Wildman–Crippen MR) is 213 cm³/mol. The molecule has 0 bridgehead atoms. The van der Waals surface area contributed by atoms with Crippen molar-refractivity contribution in [2.45, 2.75) is 167 Å². The Hall–Kier alpha value is -2.00. The van der Waals surface area contributed by atoms with Crippen molar-refractivity contribution in [1.82, 2.24) is 0 Å². The molecule has 3 heteroatoms. The van der Waals surface area contributed by atoms with Crippen LogP contribution in [0.4, 0.5) is 0 Å². The predicted octanol–water partition coefficient (Wildman–Crippen LogP) is 14.1. The Morgan fingerprint density at radius 1 is 0.451 bits per heavy atom. The first-order chi connectivity index (χ1) is 25.1. The minimum atomic E-state index is 0.116. The van der Waals surface area contributed by atoms with Gasteiger partial charge in [0, 0.05) is 0 Å². The first-order valence-electron chi connectivity index (χ1n) is 22.0. The molecule has 4 fully saturated rings. The zero-order chi connectivity index (χ0) is 35.4. The van der Waals surface area contributed by atoms with E-state index in [4.69, 9.17) is 14.2 Å². The van der Waals surface area contributed by atoms with Crippen molar-refractivity contribution >= 4 is 0 Å². The molecule has 0 radical (unpaired) electrons. The van der Waals surface area contributed by atoms with Gasteiger partial charge >= 0.3 is 0 Å². The van der Waals surface area contributed by atoms with E-state index in [1.807, 2.05) is 0 Å². The monoisotopic (exact) mass is 699 g/mol. The third-order valence-electron chi connectivity index (χ3n) is 14.7. The SMILES string of the molecule is CCCC[C@H]1CC[C@H]([C@H]2CC[C@H](C(OC(c3ccc(OC)cc3)[C@H]3CC[C@H]([C@H]4CC[C@H](CCCC)CC4)CC3)c3ccc(OC)cc3)CC2)CC1. The third kappa shape index (κ3) is 10.6. The second-order valence-electron chi connectivity index (χ2n) is 17.7. The molecule has 0 heterocycles. The summed E-state index contributed by atoms with van der Waals surface area (Å²) in [6.07, 6.45) is 31.2. The first kappa shape index (κ1) is 38.7. The smallest absolute Gasteiger partial charge is 0.118 e. The van der Waals surface area contributed by atoms with Crippen molar-refractivity contribution in [3.8, 4) is 11.5 Å². The van der Waals surface area contributed by atoms with Crippen molar-refractivity contribution in [2.75, 3.05) is 14.2 Å². The highest BCUT2D eigenvalue weighted by molar-refractivity contribution is 5.31. The normalized spacial score (nSPS) is 31.5. The summed E-state index contributed by atoms with van der Waals surface area (Å²) in [5, 5.41) is 0. The van der Waals surface area contributed by atoms with E-state index in [1.165, 1.54) is 152 Å². The largest absolute Gasteiger partial charge is 0.497 e. The van der Waals surface area contributed by atoms with Gasteiger partial charge in [-0.3, -0.25) is 0 Å². The van der Waals surface area contributed by atoms with Crippen LogP contribution in [0.1, 0.15) is 178 Å². The molecule has 3 nitrogen and oxygen atoms in total. The third-order valence-corrected chi connectivity index (χ3v) is 14.7. The van der Waals surface area contributed by atoms with Crippen molar-refractivity contribution in [2.24, 2.45) is 47.3 Å². The summed E-state index contributed by atoms with van der Waals surface area (Å²) < 4.78 is 18.8. The Bertz CT molecular complexity index is 1120. The minimum Gasteiger partial charge on any atom is -0.497 e. The molecule has 0 amide bonds. The number of hydrogen-bond donors (Lipinski definition) is 0. The number of hydrogen-bond acceptors (Lipinski definition) is 3. The van der Waals surface area contributed by atoms with Crippen molar-refractivity contribution in [1.29, 1.82) is 0 Å². The van der Waals surface area contributed by atoms with Gasteiger partial charge in [-0.2, -0.15) is 0 Å². The van der Waals surface area contributed by atoms with Gasteiger partial charge in [-0.15, -0.1) is 0 Å². The van der Waals surface area contributed by atoms with Gasteiger partial charge in [-0.05, 0) is 160 Å². The van der Waals surface area contributed by atoms with Gasteiger partial charge in [0.25, 0.3) is 0 Å². The highest BCUT2D eigenvalue weighted by Crippen LogP contribution is 2.50. The fraction of sp³-hybridized carbons (Fsp3) is 0.750. The molecule has 6 rings (SSSR count). The van der Waals surface area contributed by atoms with Gasteiger partial charge in [0.1, 0.15) is 11.5 Å². The standard InChI is InChI=1S/C48H74O3/c1-5-7-9-35-11-15-37(16-12-35)39-19-23-41(24-20-39)47(43-27-31-45(49-3)32-28-43)51-48(44-29-33-46(50-4)34-30-44)42-25-21-40(22-26-42)38-17-13-36(14-18-38)10-8-6-2/h27-42,47-48H,5-26H2,1-4H3/t35-,36-,37-,38-,39-,40-,41-,42-,47?,48?. The van der Waals surface area contributed by atoms with Crippen LogP contribution in [0.2, 0.25) is 0 Å². The zero-order valence-electron chi connectivity index (χ0n) is 33.2. The number of ether oxygens (including phenoxy) is 3. The Balaban J connectivity index is 1.14. The number of benzene rings is 2. The van der Waals surface area contributed by atoms with Crippen molar-refractivity contribution in [3.05, 3.63) is 59.7 Å².